The van der Waals surface area contributed by atoms with Crippen molar-refractivity contribution < 1.29 is 0 Å². The topological polar surface area (TPSA) is 29.3 Å². The third-order valence-electron chi connectivity index (χ3n) is 3.51. The molecule has 2 N–H and O–H groups in total. The van der Waals surface area contributed by atoms with E-state index in [2.05, 4.69) is 46.9 Å². The summed E-state index contributed by atoms with van der Waals surface area (Å²) in [5.74, 6) is 0. The quantitative estimate of drug-likeness (QED) is 0.874. The molecular formula is C16H18BrClN2. The predicted octanol–water partition coefficient (Wildman–Crippen LogP) is 4.55. The number of benzene rings is 2. The Balaban J connectivity index is 2.39. The first-order valence-electron chi connectivity index (χ1n) is 6.48. The van der Waals surface area contributed by atoms with E-state index in [0.29, 0.717) is 6.54 Å². The number of para-hydroxylation sites is 1. The number of hydrogen-bond acceptors (Lipinski definition) is 2. The van der Waals surface area contributed by atoms with Crippen LogP contribution in [0.4, 0.5) is 5.69 Å². The minimum atomic E-state index is 0.0998. The highest BCUT2D eigenvalue weighted by atomic mass is 79.9. The van der Waals surface area contributed by atoms with Crippen LogP contribution in [-0.4, -0.2) is 13.6 Å². The van der Waals surface area contributed by atoms with Crippen molar-refractivity contribution in [2.75, 3.05) is 18.5 Å². The third-order valence-corrected chi connectivity index (χ3v) is 4.43. The summed E-state index contributed by atoms with van der Waals surface area (Å²) < 4.78 is 0.987. The highest BCUT2D eigenvalue weighted by Gasteiger charge is 2.19. The molecule has 0 aromatic heterocycles. The molecule has 0 radical (unpaired) electrons. The Kier molecular flexibility index (Phi) is 5.08. The Morgan fingerprint density at radius 1 is 1.25 bits per heavy atom. The zero-order valence-electron chi connectivity index (χ0n) is 11.6. The van der Waals surface area contributed by atoms with E-state index in [4.69, 9.17) is 17.3 Å². The van der Waals surface area contributed by atoms with Crippen molar-refractivity contribution in [3.8, 4) is 0 Å². The number of halogens is 2. The van der Waals surface area contributed by atoms with E-state index in [1.54, 1.807) is 0 Å². The average molecular weight is 354 g/mol. The molecule has 2 nitrogen and oxygen atoms in total. The van der Waals surface area contributed by atoms with E-state index in [0.717, 1.165) is 15.1 Å². The first-order valence-corrected chi connectivity index (χ1v) is 7.65. The molecule has 0 amide bonds. The Labute approximate surface area is 133 Å². The van der Waals surface area contributed by atoms with Crippen LogP contribution in [0.2, 0.25) is 5.02 Å². The van der Waals surface area contributed by atoms with Crippen LogP contribution in [0.5, 0.6) is 0 Å². The van der Waals surface area contributed by atoms with Crippen LogP contribution in [0.25, 0.3) is 0 Å². The third kappa shape index (κ3) is 3.17. The number of hydrogen-bond donors (Lipinski definition) is 1. The largest absolute Gasteiger partial charge is 0.366 e. The highest BCUT2D eigenvalue weighted by Crippen LogP contribution is 2.32. The lowest BCUT2D eigenvalue weighted by Gasteiger charge is -2.31. The molecule has 1 unspecified atom stereocenters. The number of aryl methyl sites for hydroxylation is 1. The molecule has 0 fully saturated rings. The standard InChI is InChI=1S/C16H18BrClN2/c1-11-5-3-4-6-15(11)20(2)16(10-19)13-8-7-12(18)9-14(13)17/h3-9,16H,10,19H2,1-2H3. The van der Waals surface area contributed by atoms with Crippen LogP contribution in [0.15, 0.2) is 46.9 Å². The lowest BCUT2D eigenvalue weighted by atomic mass is 10.0. The molecule has 0 heterocycles. The molecule has 0 aliphatic carbocycles. The fourth-order valence-corrected chi connectivity index (χ4v) is 3.34. The van der Waals surface area contributed by atoms with Crippen LogP contribution < -0.4 is 10.6 Å². The van der Waals surface area contributed by atoms with Crippen LogP contribution >= 0.6 is 27.5 Å². The van der Waals surface area contributed by atoms with Crippen molar-refractivity contribution in [2.45, 2.75) is 13.0 Å². The van der Waals surface area contributed by atoms with Gasteiger partial charge in [-0.1, -0.05) is 51.8 Å². The van der Waals surface area contributed by atoms with Gasteiger partial charge in [-0.15, -0.1) is 0 Å². The van der Waals surface area contributed by atoms with Gasteiger partial charge in [-0.2, -0.15) is 0 Å². The molecule has 0 bridgehead atoms. The Hall–Kier alpha value is -1.03. The number of nitrogens with zero attached hydrogens (tertiary/aromatic N) is 1. The van der Waals surface area contributed by atoms with Crippen LogP contribution in [0, 0.1) is 6.92 Å². The maximum Gasteiger partial charge on any atom is 0.0672 e. The van der Waals surface area contributed by atoms with E-state index in [1.165, 1.54) is 11.3 Å². The molecule has 0 saturated carbocycles. The van der Waals surface area contributed by atoms with Gasteiger partial charge in [0.15, 0.2) is 0 Å². The van der Waals surface area contributed by atoms with Gasteiger partial charge in [0.1, 0.15) is 0 Å². The molecule has 20 heavy (non-hydrogen) atoms. The lowest BCUT2D eigenvalue weighted by Crippen LogP contribution is -2.31. The molecule has 2 aromatic carbocycles. The van der Waals surface area contributed by atoms with Crippen molar-refractivity contribution >= 4 is 33.2 Å². The van der Waals surface area contributed by atoms with Gasteiger partial charge in [0, 0.05) is 28.8 Å². The van der Waals surface area contributed by atoms with E-state index in [-0.39, 0.29) is 6.04 Å². The van der Waals surface area contributed by atoms with Crippen molar-refractivity contribution in [1.29, 1.82) is 0 Å². The van der Waals surface area contributed by atoms with Crippen molar-refractivity contribution in [3.63, 3.8) is 0 Å². The normalized spacial score (nSPS) is 12.2. The summed E-state index contributed by atoms with van der Waals surface area (Å²) in [6.07, 6.45) is 0. The smallest absolute Gasteiger partial charge is 0.0672 e. The number of rotatable bonds is 4. The first kappa shape index (κ1) is 15.4. The minimum Gasteiger partial charge on any atom is -0.366 e. The fraction of sp³-hybridized carbons (Fsp3) is 0.250. The molecule has 0 saturated heterocycles. The Morgan fingerprint density at radius 3 is 2.55 bits per heavy atom. The van der Waals surface area contributed by atoms with Gasteiger partial charge in [0.05, 0.1) is 6.04 Å². The molecule has 0 spiro atoms. The van der Waals surface area contributed by atoms with E-state index in [1.807, 2.05) is 30.3 Å². The SMILES string of the molecule is Cc1ccccc1N(C)C(CN)c1ccc(Cl)cc1Br. The maximum absolute atomic E-state index is 6.01. The zero-order valence-corrected chi connectivity index (χ0v) is 13.9. The lowest BCUT2D eigenvalue weighted by molar-refractivity contribution is 0.676. The molecule has 0 aliphatic heterocycles. The van der Waals surface area contributed by atoms with Gasteiger partial charge < -0.3 is 10.6 Å². The van der Waals surface area contributed by atoms with Crippen molar-refractivity contribution in [2.24, 2.45) is 5.73 Å². The molecule has 4 heteroatoms. The molecule has 2 rings (SSSR count). The van der Waals surface area contributed by atoms with E-state index >= 15 is 0 Å². The summed E-state index contributed by atoms with van der Waals surface area (Å²) in [4.78, 5) is 2.21. The molecule has 106 valence electrons. The van der Waals surface area contributed by atoms with Crippen molar-refractivity contribution in [3.05, 3.63) is 63.1 Å². The Bertz CT molecular complexity index is 601. The van der Waals surface area contributed by atoms with E-state index in [9.17, 15) is 0 Å². The molecule has 1 atom stereocenters. The van der Waals surface area contributed by atoms with Gasteiger partial charge in [-0.05, 0) is 36.2 Å². The summed E-state index contributed by atoms with van der Waals surface area (Å²) >= 11 is 9.59. The second kappa shape index (κ2) is 6.61. The summed E-state index contributed by atoms with van der Waals surface area (Å²) in [6, 6.07) is 14.2. The average Bonchev–Trinajstić information content (AvgIpc) is 2.42. The summed E-state index contributed by atoms with van der Waals surface area (Å²) in [7, 11) is 2.07. The maximum atomic E-state index is 6.01. The van der Waals surface area contributed by atoms with Gasteiger partial charge in [0.25, 0.3) is 0 Å². The zero-order chi connectivity index (χ0) is 14.7. The first-order chi connectivity index (χ1) is 9.54. The number of nitrogens with two attached hydrogens (primary N) is 1. The highest BCUT2D eigenvalue weighted by molar-refractivity contribution is 9.10. The van der Waals surface area contributed by atoms with Crippen LogP contribution in [0.1, 0.15) is 17.2 Å². The summed E-state index contributed by atoms with van der Waals surface area (Å²) in [6.45, 7) is 2.64. The second-order valence-electron chi connectivity index (χ2n) is 4.81. The van der Waals surface area contributed by atoms with Crippen LogP contribution in [-0.2, 0) is 0 Å². The molecule has 2 aromatic rings. The monoisotopic (exact) mass is 352 g/mol. The fourth-order valence-electron chi connectivity index (χ4n) is 2.39. The molecule has 0 aliphatic rings. The van der Waals surface area contributed by atoms with E-state index < -0.39 is 0 Å². The molecular weight excluding hydrogens is 336 g/mol. The summed E-state index contributed by atoms with van der Waals surface area (Å²) in [5.41, 5.74) is 9.57. The van der Waals surface area contributed by atoms with Gasteiger partial charge >= 0.3 is 0 Å². The predicted molar refractivity (Wildman–Crippen MR) is 90.5 cm³/mol. The Morgan fingerprint density at radius 2 is 1.95 bits per heavy atom. The minimum absolute atomic E-state index is 0.0998. The van der Waals surface area contributed by atoms with Gasteiger partial charge in [-0.3, -0.25) is 0 Å². The second-order valence-corrected chi connectivity index (χ2v) is 6.11. The van der Waals surface area contributed by atoms with Crippen LogP contribution in [0.3, 0.4) is 0 Å². The number of anilines is 1. The number of likely N-dealkylation sites (N-methyl/N-ethyl adjacent to an activating group) is 1. The van der Waals surface area contributed by atoms with Gasteiger partial charge in [0.2, 0.25) is 0 Å². The van der Waals surface area contributed by atoms with Crippen molar-refractivity contribution in [1.82, 2.24) is 0 Å². The summed E-state index contributed by atoms with van der Waals surface area (Å²) in [5, 5.41) is 0.718. The van der Waals surface area contributed by atoms with Gasteiger partial charge in [-0.25, -0.2) is 0 Å².